The molecule has 38 heavy (non-hydrogen) atoms. The molecular weight excluding hydrogens is 513 g/mol. The first kappa shape index (κ1) is 27.2. The van der Waals surface area contributed by atoms with E-state index in [0.29, 0.717) is 12.5 Å². The molecule has 1 aromatic carbocycles. The Kier molecular flexibility index (Phi) is 7.51. The first-order valence-electron chi connectivity index (χ1n) is 11.9. The van der Waals surface area contributed by atoms with Crippen molar-refractivity contribution >= 4 is 17.7 Å². The summed E-state index contributed by atoms with van der Waals surface area (Å²) in [6, 6.07) is 3.52. The Hall–Kier alpha value is -3.84. The zero-order chi connectivity index (χ0) is 27.8. The van der Waals surface area contributed by atoms with Crippen molar-refractivity contribution < 1.29 is 31.5 Å². The number of halogens is 5. The first-order valence-corrected chi connectivity index (χ1v) is 11.9. The van der Waals surface area contributed by atoms with Crippen molar-refractivity contribution in [2.75, 3.05) is 9.80 Å². The molecular formula is C24H26F5N7O2. The van der Waals surface area contributed by atoms with Crippen LogP contribution in [0.3, 0.4) is 0 Å². The Morgan fingerprint density at radius 1 is 1.18 bits per heavy atom. The maximum atomic E-state index is 14.0. The molecule has 0 spiro atoms. The van der Waals surface area contributed by atoms with E-state index in [0.717, 1.165) is 23.0 Å². The van der Waals surface area contributed by atoms with E-state index in [1.165, 1.54) is 22.9 Å². The summed E-state index contributed by atoms with van der Waals surface area (Å²) in [4.78, 5) is 20.9. The lowest BCUT2D eigenvalue weighted by Crippen LogP contribution is -2.49. The number of amides is 1. The minimum absolute atomic E-state index is 0.0143. The number of carbonyl (C=O) groups is 1. The molecule has 204 valence electrons. The summed E-state index contributed by atoms with van der Waals surface area (Å²) in [5, 5.41) is 12.0. The number of anilines is 2. The molecule has 1 aliphatic rings. The summed E-state index contributed by atoms with van der Waals surface area (Å²) in [5.41, 5.74) is -0.906. The van der Waals surface area contributed by atoms with E-state index in [4.69, 9.17) is 4.74 Å². The summed E-state index contributed by atoms with van der Waals surface area (Å²) >= 11 is 0. The Bertz CT molecular complexity index is 1290. The molecule has 3 heterocycles. The molecule has 0 unspecified atom stereocenters. The molecule has 0 radical (unpaired) electrons. The predicted octanol–water partition coefficient (Wildman–Crippen LogP) is 5.18. The third kappa shape index (κ3) is 5.68. The van der Waals surface area contributed by atoms with Crippen molar-refractivity contribution in [2.45, 2.75) is 64.5 Å². The summed E-state index contributed by atoms with van der Waals surface area (Å²) in [5.74, 6) is -1.62. The lowest BCUT2D eigenvalue weighted by Gasteiger charge is -2.43. The van der Waals surface area contributed by atoms with Crippen molar-refractivity contribution in [3.05, 3.63) is 58.9 Å². The van der Waals surface area contributed by atoms with Gasteiger partial charge in [-0.1, -0.05) is 12.0 Å². The molecule has 0 fully saturated rings. The number of hydrogen-bond donors (Lipinski definition) is 0. The van der Waals surface area contributed by atoms with Crippen LogP contribution >= 0.6 is 0 Å². The molecule has 0 saturated carbocycles. The van der Waals surface area contributed by atoms with Gasteiger partial charge >= 0.3 is 12.3 Å². The highest BCUT2D eigenvalue weighted by Crippen LogP contribution is 2.44. The Labute approximate surface area is 215 Å². The monoisotopic (exact) mass is 539 g/mol. The zero-order valence-electron chi connectivity index (χ0n) is 21.1. The Morgan fingerprint density at radius 2 is 1.87 bits per heavy atom. The Balaban J connectivity index is 1.89. The van der Waals surface area contributed by atoms with Gasteiger partial charge in [0.2, 0.25) is 0 Å². The Morgan fingerprint density at radius 3 is 2.42 bits per heavy atom. The molecule has 4 rings (SSSR count). The fraction of sp³-hybridized carbons (Fsp3) is 0.458. The largest absolute Gasteiger partial charge is 0.446 e. The molecule has 1 amide bonds. The molecule has 2 aromatic heterocycles. The smallest absolute Gasteiger partial charge is 0.433 e. The van der Waals surface area contributed by atoms with Gasteiger partial charge in [-0.2, -0.15) is 18.0 Å². The molecule has 0 saturated heterocycles. The van der Waals surface area contributed by atoms with Crippen LogP contribution in [0.4, 0.5) is 38.4 Å². The van der Waals surface area contributed by atoms with Crippen molar-refractivity contribution in [1.82, 2.24) is 25.2 Å². The SMILES string of the molecule is CC[C@@H]1C[C@H](N(Cc2cc(F)cc(F)c2)c2nnn(C)n2)c2nc(C(F)(F)F)ccc2N1C(=O)OC(C)C. The third-order valence-electron chi connectivity index (χ3n) is 6.04. The van der Waals surface area contributed by atoms with Crippen molar-refractivity contribution in [3.8, 4) is 0 Å². The van der Waals surface area contributed by atoms with Gasteiger partial charge in [-0.25, -0.2) is 18.6 Å². The highest BCUT2D eigenvalue weighted by atomic mass is 19.4. The van der Waals surface area contributed by atoms with E-state index in [1.807, 2.05) is 6.92 Å². The average Bonchev–Trinajstić information content (AvgIpc) is 3.25. The summed E-state index contributed by atoms with van der Waals surface area (Å²) < 4.78 is 74.6. The second-order valence-corrected chi connectivity index (χ2v) is 9.20. The molecule has 1 aliphatic heterocycles. The lowest BCUT2D eigenvalue weighted by atomic mass is 9.92. The predicted molar refractivity (Wildman–Crippen MR) is 126 cm³/mol. The number of benzene rings is 1. The van der Waals surface area contributed by atoms with Crippen LogP contribution < -0.4 is 9.80 Å². The van der Waals surface area contributed by atoms with E-state index < -0.39 is 47.8 Å². The molecule has 0 bridgehead atoms. The highest BCUT2D eigenvalue weighted by molar-refractivity contribution is 5.90. The van der Waals surface area contributed by atoms with Gasteiger partial charge in [-0.15, -0.1) is 5.10 Å². The molecule has 14 heteroatoms. The number of carbonyl (C=O) groups excluding carboxylic acids is 1. The van der Waals surface area contributed by atoms with Gasteiger partial charge in [-0.3, -0.25) is 4.90 Å². The van der Waals surface area contributed by atoms with E-state index in [1.54, 1.807) is 13.8 Å². The van der Waals surface area contributed by atoms with Gasteiger partial charge in [0.25, 0.3) is 5.95 Å². The highest BCUT2D eigenvalue weighted by Gasteiger charge is 2.43. The van der Waals surface area contributed by atoms with Crippen molar-refractivity contribution in [2.24, 2.45) is 7.05 Å². The van der Waals surface area contributed by atoms with Crippen LogP contribution in [0.5, 0.6) is 0 Å². The number of fused-ring (bicyclic) bond motifs is 1. The van der Waals surface area contributed by atoms with Gasteiger partial charge in [-0.05, 0) is 61.7 Å². The van der Waals surface area contributed by atoms with Crippen LogP contribution in [0.15, 0.2) is 30.3 Å². The van der Waals surface area contributed by atoms with Crippen LogP contribution in [-0.4, -0.2) is 43.4 Å². The number of alkyl halides is 3. The molecule has 9 nitrogen and oxygen atoms in total. The molecule has 0 aliphatic carbocycles. The second kappa shape index (κ2) is 10.5. The number of aromatic nitrogens is 5. The fourth-order valence-electron chi connectivity index (χ4n) is 4.48. The fourth-order valence-corrected chi connectivity index (χ4v) is 4.48. The van der Waals surface area contributed by atoms with Crippen LogP contribution in [0, 0.1) is 11.6 Å². The van der Waals surface area contributed by atoms with E-state index in [2.05, 4.69) is 20.4 Å². The van der Waals surface area contributed by atoms with Gasteiger partial charge in [0.05, 0.1) is 30.6 Å². The number of aryl methyl sites for hydroxylation is 1. The summed E-state index contributed by atoms with van der Waals surface area (Å²) in [6.45, 7) is 4.98. The van der Waals surface area contributed by atoms with Crippen LogP contribution in [0.1, 0.15) is 56.6 Å². The number of hydrogen-bond acceptors (Lipinski definition) is 7. The molecule has 0 N–H and O–H groups in total. The van der Waals surface area contributed by atoms with E-state index >= 15 is 0 Å². The zero-order valence-corrected chi connectivity index (χ0v) is 21.1. The van der Waals surface area contributed by atoms with Crippen LogP contribution in [0.2, 0.25) is 0 Å². The minimum Gasteiger partial charge on any atom is -0.446 e. The first-order chi connectivity index (χ1) is 17.9. The third-order valence-corrected chi connectivity index (χ3v) is 6.04. The van der Waals surface area contributed by atoms with E-state index in [-0.39, 0.29) is 35.9 Å². The number of tetrazole rings is 1. The van der Waals surface area contributed by atoms with E-state index in [9.17, 15) is 26.7 Å². The maximum Gasteiger partial charge on any atom is 0.433 e. The normalized spacial score (nSPS) is 17.5. The number of pyridine rings is 1. The number of nitrogens with zero attached hydrogens (tertiary/aromatic N) is 7. The number of ether oxygens (including phenoxy) is 1. The minimum atomic E-state index is -4.76. The van der Waals surface area contributed by atoms with Gasteiger partial charge < -0.3 is 9.64 Å². The standard InChI is InChI=1S/C24H26F5N7O2/c1-5-17-11-19(35(22-31-33-34(4)32-22)12-14-8-15(25)10-16(26)9-14)21-18(36(17)23(37)38-13(2)3)6-7-20(30-21)24(27,28)29/h6-10,13,17,19H,5,11-12H2,1-4H3/t17-,19+/m1/s1. The topological polar surface area (TPSA) is 89.3 Å². The second-order valence-electron chi connectivity index (χ2n) is 9.20. The number of rotatable bonds is 6. The maximum absolute atomic E-state index is 14.0. The van der Waals surface area contributed by atoms with Gasteiger partial charge in [0.15, 0.2) is 0 Å². The molecule has 2 atom stereocenters. The van der Waals surface area contributed by atoms with Crippen LogP contribution in [-0.2, 0) is 24.5 Å². The summed E-state index contributed by atoms with van der Waals surface area (Å²) in [7, 11) is 1.50. The van der Waals surface area contributed by atoms with Crippen molar-refractivity contribution in [3.63, 3.8) is 0 Å². The lowest BCUT2D eigenvalue weighted by molar-refractivity contribution is -0.141. The summed E-state index contributed by atoms with van der Waals surface area (Å²) in [6.07, 6.45) is -5.40. The van der Waals surface area contributed by atoms with Crippen molar-refractivity contribution in [1.29, 1.82) is 0 Å². The van der Waals surface area contributed by atoms with Gasteiger partial charge in [0.1, 0.15) is 17.3 Å². The van der Waals surface area contributed by atoms with Gasteiger partial charge in [0, 0.05) is 18.7 Å². The quantitative estimate of drug-likeness (QED) is 0.399. The molecule has 3 aromatic rings. The van der Waals surface area contributed by atoms with Crippen LogP contribution in [0.25, 0.3) is 0 Å². The average molecular weight is 540 g/mol.